The third-order valence-electron chi connectivity index (χ3n) is 3.35. The topological polar surface area (TPSA) is 29.1 Å². The normalized spacial score (nSPS) is 14.3. The molecule has 1 aromatic rings. The minimum atomic E-state index is -0.842. The van der Waals surface area contributed by atoms with Gasteiger partial charge in [0.05, 0.1) is 10.8 Å². The van der Waals surface area contributed by atoms with Gasteiger partial charge in [-0.1, -0.05) is 31.0 Å². The summed E-state index contributed by atoms with van der Waals surface area (Å²) in [6, 6.07) is 6.75. The monoisotopic (exact) mass is 281 g/mol. The molecule has 0 radical (unpaired) electrons. The second-order valence-corrected chi connectivity index (χ2v) is 6.81. The minimum Gasteiger partial charge on any atom is -0.315 e. The van der Waals surface area contributed by atoms with E-state index in [2.05, 4.69) is 32.2 Å². The number of nitrogens with one attached hydrogen (secondary N) is 1. The molecule has 0 spiro atoms. The Bertz CT molecular complexity index is 417. The van der Waals surface area contributed by atoms with E-state index in [1.165, 1.54) is 5.56 Å². The first-order valence-electron chi connectivity index (χ1n) is 7.23. The fourth-order valence-electron chi connectivity index (χ4n) is 2.30. The molecule has 3 heteroatoms. The van der Waals surface area contributed by atoms with E-state index < -0.39 is 10.8 Å². The van der Waals surface area contributed by atoms with E-state index in [0.717, 1.165) is 42.0 Å². The van der Waals surface area contributed by atoms with E-state index >= 15 is 0 Å². The first-order chi connectivity index (χ1) is 9.04. The first kappa shape index (κ1) is 16.4. The number of hydrogen-bond donors (Lipinski definition) is 1. The lowest BCUT2D eigenvalue weighted by Gasteiger charge is -2.12. The summed E-state index contributed by atoms with van der Waals surface area (Å²) in [6.45, 7) is 9.49. The van der Waals surface area contributed by atoms with Gasteiger partial charge in [0.1, 0.15) is 0 Å². The molecule has 0 aliphatic heterocycles. The molecule has 0 aliphatic carbocycles. The van der Waals surface area contributed by atoms with Crippen molar-refractivity contribution in [3.8, 4) is 0 Å². The van der Waals surface area contributed by atoms with Crippen molar-refractivity contribution in [3.05, 3.63) is 29.3 Å². The van der Waals surface area contributed by atoms with Gasteiger partial charge in [-0.3, -0.25) is 4.21 Å². The zero-order valence-corrected chi connectivity index (χ0v) is 13.5. The Morgan fingerprint density at radius 2 is 2.00 bits per heavy atom. The molecule has 0 aromatic heterocycles. The fourth-order valence-corrected chi connectivity index (χ4v) is 3.62. The molecule has 1 N–H and O–H groups in total. The van der Waals surface area contributed by atoms with Crippen LogP contribution >= 0.6 is 0 Å². The maximum atomic E-state index is 12.2. The van der Waals surface area contributed by atoms with Crippen LogP contribution in [0.3, 0.4) is 0 Å². The molecule has 0 saturated carbocycles. The van der Waals surface area contributed by atoms with Gasteiger partial charge in [-0.25, -0.2) is 0 Å². The minimum absolute atomic E-state index is 0.569. The van der Waals surface area contributed by atoms with Crippen LogP contribution < -0.4 is 5.32 Å². The van der Waals surface area contributed by atoms with Gasteiger partial charge in [-0.05, 0) is 51.8 Å². The molecule has 0 heterocycles. The highest BCUT2D eigenvalue weighted by Gasteiger charge is 2.07. The Morgan fingerprint density at radius 1 is 1.26 bits per heavy atom. The Morgan fingerprint density at radius 3 is 2.63 bits per heavy atom. The molecule has 108 valence electrons. The lowest BCUT2D eigenvalue weighted by atomic mass is 10.1. The second-order valence-electron chi connectivity index (χ2n) is 5.27. The fraction of sp³-hybridized carbons (Fsp3) is 0.625. The Balaban J connectivity index is 2.35. The molecule has 2 atom stereocenters. The summed E-state index contributed by atoms with van der Waals surface area (Å²) in [4.78, 5) is 1.00. The van der Waals surface area contributed by atoms with Crippen molar-refractivity contribution in [1.29, 1.82) is 0 Å². The Labute approximate surface area is 120 Å². The van der Waals surface area contributed by atoms with Crippen LogP contribution in [0.25, 0.3) is 0 Å². The van der Waals surface area contributed by atoms with Crippen LogP contribution in [0, 0.1) is 13.8 Å². The molecule has 1 rings (SSSR count). The lowest BCUT2D eigenvalue weighted by Crippen LogP contribution is -2.25. The summed E-state index contributed by atoms with van der Waals surface area (Å²) in [7, 11) is -0.842. The van der Waals surface area contributed by atoms with Crippen molar-refractivity contribution in [2.24, 2.45) is 0 Å². The van der Waals surface area contributed by atoms with Crippen LogP contribution in [-0.2, 0) is 10.8 Å². The number of benzene rings is 1. The zero-order valence-electron chi connectivity index (χ0n) is 12.7. The average molecular weight is 281 g/mol. The third kappa shape index (κ3) is 5.87. The zero-order chi connectivity index (χ0) is 14.3. The maximum Gasteiger partial charge on any atom is 0.0532 e. The quantitative estimate of drug-likeness (QED) is 0.738. The van der Waals surface area contributed by atoms with Crippen LogP contribution in [0.15, 0.2) is 23.1 Å². The number of aryl methyl sites for hydroxylation is 2. The van der Waals surface area contributed by atoms with E-state index in [-0.39, 0.29) is 0 Å². The van der Waals surface area contributed by atoms with E-state index in [9.17, 15) is 4.21 Å². The maximum absolute atomic E-state index is 12.2. The van der Waals surface area contributed by atoms with E-state index in [1.807, 2.05) is 19.1 Å². The SMILES string of the molecule is CCNC(C)CCCCS(=O)c1ccc(C)cc1C. The molecule has 0 bridgehead atoms. The highest BCUT2D eigenvalue weighted by molar-refractivity contribution is 7.85. The van der Waals surface area contributed by atoms with Gasteiger partial charge >= 0.3 is 0 Å². The molecular weight excluding hydrogens is 254 g/mol. The largest absolute Gasteiger partial charge is 0.315 e. The van der Waals surface area contributed by atoms with Crippen molar-refractivity contribution in [2.75, 3.05) is 12.3 Å². The van der Waals surface area contributed by atoms with Gasteiger partial charge in [-0.2, -0.15) is 0 Å². The summed E-state index contributed by atoms with van der Waals surface area (Å²) < 4.78 is 12.2. The smallest absolute Gasteiger partial charge is 0.0532 e. The predicted molar refractivity (Wildman–Crippen MR) is 84.2 cm³/mol. The van der Waals surface area contributed by atoms with Crippen LogP contribution in [-0.4, -0.2) is 22.5 Å². The van der Waals surface area contributed by atoms with Gasteiger partial charge in [0.2, 0.25) is 0 Å². The summed E-state index contributed by atoms with van der Waals surface area (Å²) in [5.41, 5.74) is 2.39. The van der Waals surface area contributed by atoms with Crippen LogP contribution in [0.5, 0.6) is 0 Å². The predicted octanol–water partition coefficient (Wildman–Crippen LogP) is 3.58. The number of hydrogen-bond acceptors (Lipinski definition) is 2. The van der Waals surface area contributed by atoms with Gasteiger partial charge in [-0.15, -0.1) is 0 Å². The van der Waals surface area contributed by atoms with Crippen molar-refractivity contribution >= 4 is 10.8 Å². The molecule has 0 saturated heterocycles. The summed E-state index contributed by atoms with van der Waals surface area (Å²) >= 11 is 0. The molecular formula is C16H27NOS. The lowest BCUT2D eigenvalue weighted by molar-refractivity contribution is 0.509. The first-order valence-corrected chi connectivity index (χ1v) is 8.55. The van der Waals surface area contributed by atoms with E-state index in [4.69, 9.17) is 0 Å². The van der Waals surface area contributed by atoms with Crippen LogP contribution in [0.4, 0.5) is 0 Å². The van der Waals surface area contributed by atoms with Crippen molar-refractivity contribution < 1.29 is 4.21 Å². The summed E-state index contributed by atoms with van der Waals surface area (Å²) in [5, 5.41) is 3.40. The summed E-state index contributed by atoms with van der Waals surface area (Å²) in [5.74, 6) is 0.781. The third-order valence-corrected chi connectivity index (χ3v) is 4.95. The van der Waals surface area contributed by atoms with Gasteiger partial charge < -0.3 is 5.32 Å². The van der Waals surface area contributed by atoms with Gasteiger partial charge in [0, 0.05) is 16.7 Å². The van der Waals surface area contributed by atoms with Crippen molar-refractivity contribution in [1.82, 2.24) is 5.32 Å². The molecule has 1 aromatic carbocycles. The molecule has 0 amide bonds. The van der Waals surface area contributed by atoms with Crippen molar-refractivity contribution in [3.63, 3.8) is 0 Å². The van der Waals surface area contributed by atoms with Gasteiger partial charge in [0.15, 0.2) is 0 Å². The number of rotatable bonds is 8. The van der Waals surface area contributed by atoms with Crippen LogP contribution in [0.2, 0.25) is 0 Å². The second kappa shape index (κ2) is 8.49. The highest BCUT2D eigenvalue weighted by atomic mass is 32.2. The Kier molecular flexibility index (Phi) is 7.32. The number of unbranched alkanes of at least 4 members (excludes halogenated alkanes) is 1. The van der Waals surface area contributed by atoms with Crippen molar-refractivity contribution in [2.45, 2.75) is 57.9 Å². The standard InChI is InChI=1S/C16H27NOS/c1-5-17-15(4)8-6-7-11-19(18)16-10-9-13(2)12-14(16)3/h9-10,12,15,17H,5-8,11H2,1-4H3. The van der Waals surface area contributed by atoms with E-state index in [0.29, 0.717) is 6.04 Å². The molecule has 0 fully saturated rings. The van der Waals surface area contributed by atoms with Crippen LogP contribution in [0.1, 0.15) is 44.2 Å². The average Bonchev–Trinajstić information content (AvgIpc) is 2.34. The van der Waals surface area contributed by atoms with E-state index in [1.54, 1.807) is 0 Å². The highest BCUT2D eigenvalue weighted by Crippen LogP contribution is 2.16. The molecule has 19 heavy (non-hydrogen) atoms. The molecule has 0 aliphatic rings. The summed E-state index contributed by atoms with van der Waals surface area (Å²) in [6.07, 6.45) is 3.35. The molecule has 2 unspecified atom stereocenters. The van der Waals surface area contributed by atoms with Gasteiger partial charge in [0.25, 0.3) is 0 Å². The molecule has 2 nitrogen and oxygen atoms in total. The Hall–Kier alpha value is -0.670.